The number of halogens is 1. The predicted octanol–water partition coefficient (Wildman–Crippen LogP) is 4.37. The Labute approximate surface area is 145 Å². The van der Waals surface area contributed by atoms with Gasteiger partial charge >= 0.3 is 5.97 Å². The monoisotopic (exact) mass is 347 g/mol. The number of nitrogens with zero attached hydrogens (tertiary/aromatic N) is 1. The topological polar surface area (TPSA) is 68.1 Å². The molecule has 0 spiro atoms. The number of carbonyl (C=O) groups excluding carboxylic acids is 1. The molecule has 0 aliphatic carbocycles. The summed E-state index contributed by atoms with van der Waals surface area (Å²) in [7, 11) is 1.47. The molecule has 2 aromatic carbocycles. The number of esters is 1. The van der Waals surface area contributed by atoms with Gasteiger partial charge in [-0.25, -0.2) is 4.79 Å². The number of hydrogen-bond donors (Lipinski definition) is 1. The maximum atomic E-state index is 12.0. The fraction of sp³-hybridized carbons (Fsp3) is 0.222. The van der Waals surface area contributed by atoms with Gasteiger partial charge in [-0.15, -0.1) is 0 Å². The molecular weight excluding hydrogens is 330 g/mol. The smallest absolute Gasteiger partial charge is 0.339 e. The van der Waals surface area contributed by atoms with Gasteiger partial charge in [-0.2, -0.15) is 0 Å². The predicted molar refractivity (Wildman–Crippen MR) is 93.9 cm³/mol. The maximum absolute atomic E-state index is 12.0. The molecule has 0 aliphatic rings. The highest BCUT2D eigenvalue weighted by Crippen LogP contribution is 2.27. The van der Waals surface area contributed by atoms with Crippen LogP contribution in [0.4, 0.5) is 5.69 Å². The van der Waals surface area contributed by atoms with E-state index >= 15 is 0 Å². The van der Waals surface area contributed by atoms with Gasteiger partial charge in [-0.3, -0.25) is 4.99 Å². The van der Waals surface area contributed by atoms with Crippen molar-refractivity contribution in [3.8, 4) is 11.5 Å². The molecule has 0 heterocycles. The summed E-state index contributed by atoms with van der Waals surface area (Å²) in [5.41, 5.74) is 1.57. The van der Waals surface area contributed by atoms with E-state index in [0.717, 1.165) is 5.56 Å². The van der Waals surface area contributed by atoms with Crippen LogP contribution in [0.5, 0.6) is 11.5 Å². The highest BCUT2D eigenvalue weighted by atomic mass is 35.5. The molecule has 2 rings (SSSR count). The number of rotatable bonds is 5. The van der Waals surface area contributed by atoms with Crippen molar-refractivity contribution in [3.05, 3.63) is 52.5 Å². The van der Waals surface area contributed by atoms with Crippen LogP contribution in [-0.2, 0) is 4.74 Å². The average molecular weight is 348 g/mol. The van der Waals surface area contributed by atoms with Gasteiger partial charge in [-0.05, 0) is 55.8 Å². The van der Waals surface area contributed by atoms with Crippen LogP contribution in [0.2, 0.25) is 5.02 Å². The quantitative estimate of drug-likeness (QED) is 0.644. The second-order valence-electron chi connectivity index (χ2n) is 5.31. The van der Waals surface area contributed by atoms with E-state index in [1.807, 2.05) is 0 Å². The van der Waals surface area contributed by atoms with E-state index in [4.69, 9.17) is 21.1 Å². The third-order valence-corrected chi connectivity index (χ3v) is 3.41. The lowest BCUT2D eigenvalue weighted by Gasteiger charge is -2.09. The van der Waals surface area contributed by atoms with Gasteiger partial charge in [-0.1, -0.05) is 11.6 Å². The summed E-state index contributed by atoms with van der Waals surface area (Å²) in [6, 6.07) is 9.74. The second-order valence-corrected chi connectivity index (χ2v) is 5.71. The van der Waals surface area contributed by atoms with E-state index in [2.05, 4.69) is 4.99 Å². The third-order valence-electron chi connectivity index (χ3n) is 3.08. The molecule has 126 valence electrons. The second kappa shape index (κ2) is 7.84. The van der Waals surface area contributed by atoms with Crippen molar-refractivity contribution >= 4 is 29.5 Å². The zero-order valence-electron chi connectivity index (χ0n) is 13.6. The number of phenolic OH excluding ortho intramolecular Hbond substituents is 1. The molecule has 0 saturated carbocycles. The lowest BCUT2D eigenvalue weighted by Crippen LogP contribution is -2.11. The van der Waals surface area contributed by atoms with Crippen molar-refractivity contribution < 1.29 is 19.4 Å². The first-order valence-electron chi connectivity index (χ1n) is 7.32. The molecule has 0 saturated heterocycles. The zero-order valence-corrected chi connectivity index (χ0v) is 14.4. The number of carbonyl (C=O) groups is 1. The SMILES string of the molecule is COc1cc(C=Nc2ccc(Cl)c(C(=O)OC(C)C)c2)ccc1O. The van der Waals surface area contributed by atoms with Gasteiger partial charge in [0.1, 0.15) is 0 Å². The van der Waals surface area contributed by atoms with E-state index in [9.17, 15) is 9.90 Å². The minimum absolute atomic E-state index is 0.0554. The number of aliphatic imine (C=N–C) groups is 1. The van der Waals surface area contributed by atoms with Gasteiger partial charge < -0.3 is 14.6 Å². The lowest BCUT2D eigenvalue weighted by molar-refractivity contribution is 0.0378. The summed E-state index contributed by atoms with van der Waals surface area (Å²) in [5, 5.41) is 9.90. The van der Waals surface area contributed by atoms with Gasteiger partial charge in [0, 0.05) is 6.21 Å². The zero-order chi connectivity index (χ0) is 17.7. The molecule has 0 radical (unpaired) electrons. The Kier molecular flexibility index (Phi) is 5.82. The van der Waals surface area contributed by atoms with Crippen LogP contribution in [0.3, 0.4) is 0 Å². The van der Waals surface area contributed by atoms with Gasteiger partial charge in [0.05, 0.1) is 29.5 Å². The van der Waals surface area contributed by atoms with E-state index in [1.165, 1.54) is 13.2 Å². The molecule has 0 aliphatic heterocycles. The summed E-state index contributed by atoms with van der Waals surface area (Å²) in [5.74, 6) is -0.0746. The van der Waals surface area contributed by atoms with E-state index in [1.54, 1.807) is 50.4 Å². The normalized spacial score (nSPS) is 11.0. The van der Waals surface area contributed by atoms with Crippen LogP contribution >= 0.6 is 11.6 Å². The molecule has 1 N–H and O–H groups in total. The minimum atomic E-state index is -0.488. The molecule has 0 aromatic heterocycles. The molecule has 0 atom stereocenters. The fourth-order valence-corrected chi connectivity index (χ4v) is 2.15. The Bertz CT molecular complexity index is 772. The number of methoxy groups -OCH3 is 1. The molecule has 24 heavy (non-hydrogen) atoms. The van der Waals surface area contributed by atoms with Crippen LogP contribution < -0.4 is 4.74 Å². The van der Waals surface area contributed by atoms with E-state index in [-0.39, 0.29) is 17.4 Å². The number of aromatic hydroxyl groups is 1. The number of benzene rings is 2. The molecule has 0 fully saturated rings. The van der Waals surface area contributed by atoms with Crippen LogP contribution in [0.25, 0.3) is 0 Å². The van der Waals surface area contributed by atoms with Crippen LogP contribution in [-0.4, -0.2) is 30.5 Å². The number of phenols is 1. The third kappa shape index (κ3) is 4.49. The number of hydrogen-bond acceptors (Lipinski definition) is 5. The van der Waals surface area contributed by atoms with Crippen LogP contribution in [0, 0.1) is 0 Å². The van der Waals surface area contributed by atoms with Crippen LogP contribution in [0.1, 0.15) is 29.8 Å². The molecule has 2 aromatic rings. The molecule has 6 heteroatoms. The summed E-state index contributed by atoms with van der Waals surface area (Å²) >= 11 is 6.05. The largest absolute Gasteiger partial charge is 0.504 e. The fourth-order valence-electron chi connectivity index (χ4n) is 1.95. The van der Waals surface area contributed by atoms with E-state index < -0.39 is 5.97 Å². The number of ether oxygens (including phenoxy) is 2. The van der Waals surface area contributed by atoms with Crippen molar-refractivity contribution in [2.75, 3.05) is 7.11 Å². The summed E-state index contributed by atoms with van der Waals surface area (Å²) < 4.78 is 10.2. The van der Waals surface area contributed by atoms with Crippen molar-refractivity contribution in [3.63, 3.8) is 0 Å². The standard InChI is InChI=1S/C18H18ClNO4/c1-11(2)24-18(22)14-9-13(5-6-15(14)19)20-10-12-4-7-16(21)17(8-12)23-3/h4-11,21H,1-3H3. The Morgan fingerprint density at radius 1 is 1.25 bits per heavy atom. The van der Waals surface area contributed by atoms with Crippen molar-refractivity contribution in [1.29, 1.82) is 0 Å². The summed E-state index contributed by atoms with van der Waals surface area (Å²) in [6.07, 6.45) is 1.37. The Balaban J connectivity index is 2.25. The average Bonchev–Trinajstić information content (AvgIpc) is 2.54. The van der Waals surface area contributed by atoms with Gasteiger partial charge in [0.2, 0.25) is 0 Å². The van der Waals surface area contributed by atoms with Crippen molar-refractivity contribution in [1.82, 2.24) is 0 Å². The van der Waals surface area contributed by atoms with Crippen molar-refractivity contribution in [2.24, 2.45) is 4.99 Å². The summed E-state index contributed by atoms with van der Waals surface area (Å²) in [4.78, 5) is 16.3. The highest BCUT2D eigenvalue weighted by Gasteiger charge is 2.14. The summed E-state index contributed by atoms with van der Waals surface area (Å²) in [6.45, 7) is 3.54. The van der Waals surface area contributed by atoms with E-state index in [0.29, 0.717) is 16.5 Å². The molecule has 0 unspecified atom stereocenters. The minimum Gasteiger partial charge on any atom is -0.504 e. The Hall–Kier alpha value is -2.53. The Morgan fingerprint density at radius 2 is 2.00 bits per heavy atom. The maximum Gasteiger partial charge on any atom is 0.339 e. The van der Waals surface area contributed by atoms with Crippen molar-refractivity contribution in [2.45, 2.75) is 20.0 Å². The Morgan fingerprint density at radius 3 is 2.67 bits per heavy atom. The molecule has 0 amide bonds. The first kappa shape index (κ1) is 17.8. The van der Waals surface area contributed by atoms with Gasteiger partial charge in [0.25, 0.3) is 0 Å². The molecule has 0 bridgehead atoms. The highest BCUT2D eigenvalue weighted by molar-refractivity contribution is 6.33. The van der Waals surface area contributed by atoms with Crippen LogP contribution in [0.15, 0.2) is 41.4 Å². The first-order chi connectivity index (χ1) is 11.4. The molecule has 5 nitrogen and oxygen atoms in total. The van der Waals surface area contributed by atoms with Gasteiger partial charge in [0.15, 0.2) is 11.5 Å². The molecular formula is C18H18ClNO4. The lowest BCUT2D eigenvalue weighted by atomic mass is 10.2. The first-order valence-corrected chi connectivity index (χ1v) is 7.70.